The van der Waals surface area contributed by atoms with Crippen LogP contribution < -0.4 is 14.8 Å². The summed E-state index contributed by atoms with van der Waals surface area (Å²) < 4.78 is 11.2. The fraction of sp³-hybridized carbons (Fsp3) is 0.571. The molecule has 3 nitrogen and oxygen atoms in total. The molecule has 17 heavy (non-hydrogen) atoms. The van der Waals surface area contributed by atoms with E-state index in [1.165, 1.54) is 5.56 Å². The summed E-state index contributed by atoms with van der Waals surface area (Å²) in [5, 5.41) is 3.31. The Labute approximate surface area is 104 Å². The maximum absolute atomic E-state index is 5.63. The van der Waals surface area contributed by atoms with Gasteiger partial charge in [0, 0.05) is 18.2 Å². The highest BCUT2D eigenvalue weighted by atomic mass is 16.5. The van der Waals surface area contributed by atoms with Crippen molar-refractivity contribution in [2.75, 3.05) is 19.8 Å². The van der Waals surface area contributed by atoms with Crippen molar-refractivity contribution in [3.05, 3.63) is 23.8 Å². The van der Waals surface area contributed by atoms with E-state index in [1.807, 2.05) is 19.1 Å². The molecule has 3 heteroatoms. The van der Waals surface area contributed by atoms with Crippen LogP contribution in [-0.4, -0.2) is 19.8 Å². The predicted molar refractivity (Wildman–Crippen MR) is 70.8 cm³/mol. The van der Waals surface area contributed by atoms with E-state index in [9.17, 15) is 0 Å². The molecule has 0 aliphatic carbocycles. The van der Waals surface area contributed by atoms with Crippen molar-refractivity contribution >= 4 is 0 Å². The Morgan fingerprint density at radius 3 is 2.59 bits per heavy atom. The standard InChI is InChI=1S/C14H23NO2/c1-4-9-17-13-8-7-12(11-15-5-2)14(10-13)16-6-3/h7-8,10,15H,4-6,9,11H2,1-3H3. The molecule has 0 atom stereocenters. The van der Waals surface area contributed by atoms with Gasteiger partial charge in [-0.05, 0) is 26.0 Å². The van der Waals surface area contributed by atoms with Gasteiger partial charge in [0.15, 0.2) is 0 Å². The van der Waals surface area contributed by atoms with Gasteiger partial charge in [-0.3, -0.25) is 0 Å². The lowest BCUT2D eigenvalue weighted by atomic mass is 10.2. The van der Waals surface area contributed by atoms with Gasteiger partial charge >= 0.3 is 0 Å². The molecule has 0 saturated carbocycles. The van der Waals surface area contributed by atoms with E-state index in [0.717, 1.165) is 37.6 Å². The Balaban J connectivity index is 2.75. The number of ether oxygens (including phenoxy) is 2. The minimum Gasteiger partial charge on any atom is -0.493 e. The van der Waals surface area contributed by atoms with Gasteiger partial charge in [0.05, 0.1) is 13.2 Å². The van der Waals surface area contributed by atoms with Gasteiger partial charge in [-0.1, -0.05) is 19.9 Å². The molecule has 1 aromatic carbocycles. The summed E-state index contributed by atoms with van der Waals surface area (Å²) in [6.45, 7) is 9.41. The van der Waals surface area contributed by atoms with E-state index in [1.54, 1.807) is 0 Å². The van der Waals surface area contributed by atoms with Crippen molar-refractivity contribution in [3.8, 4) is 11.5 Å². The van der Waals surface area contributed by atoms with Crippen LogP contribution in [0.15, 0.2) is 18.2 Å². The lowest BCUT2D eigenvalue weighted by Crippen LogP contribution is -2.13. The molecular formula is C14H23NO2. The third kappa shape index (κ3) is 4.65. The van der Waals surface area contributed by atoms with E-state index in [-0.39, 0.29) is 0 Å². The second kappa shape index (κ2) is 7.96. The van der Waals surface area contributed by atoms with Gasteiger partial charge in [0.25, 0.3) is 0 Å². The first kappa shape index (κ1) is 13.8. The first-order valence-corrected chi connectivity index (χ1v) is 6.41. The van der Waals surface area contributed by atoms with Crippen LogP contribution in [0.1, 0.15) is 32.8 Å². The normalized spacial score (nSPS) is 10.3. The van der Waals surface area contributed by atoms with Gasteiger partial charge in [-0.25, -0.2) is 0 Å². The predicted octanol–water partition coefficient (Wildman–Crippen LogP) is 2.98. The largest absolute Gasteiger partial charge is 0.493 e. The Hall–Kier alpha value is -1.22. The fourth-order valence-electron chi connectivity index (χ4n) is 1.54. The molecule has 0 aliphatic heterocycles. The van der Waals surface area contributed by atoms with E-state index in [4.69, 9.17) is 9.47 Å². The average Bonchev–Trinajstić information content (AvgIpc) is 2.35. The van der Waals surface area contributed by atoms with Crippen LogP contribution in [-0.2, 0) is 6.54 Å². The highest BCUT2D eigenvalue weighted by Gasteiger charge is 2.05. The van der Waals surface area contributed by atoms with E-state index in [2.05, 4.69) is 25.2 Å². The smallest absolute Gasteiger partial charge is 0.127 e. The highest BCUT2D eigenvalue weighted by molar-refractivity contribution is 5.40. The molecular weight excluding hydrogens is 214 g/mol. The maximum atomic E-state index is 5.63. The number of nitrogens with one attached hydrogen (secondary N) is 1. The van der Waals surface area contributed by atoms with Crippen LogP contribution >= 0.6 is 0 Å². The first-order chi connectivity index (χ1) is 8.31. The molecule has 1 N–H and O–H groups in total. The summed E-state index contributed by atoms with van der Waals surface area (Å²) in [4.78, 5) is 0. The lowest BCUT2D eigenvalue weighted by Gasteiger charge is -2.13. The van der Waals surface area contributed by atoms with Crippen LogP contribution in [0.5, 0.6) is 11.5 Å². The Kier molecular flexibility index (Phi) is 6.48. The number of rotatable bonds is 8. The monoisotopic (exact) mass is 237 g/mol. The molecule has 0 fully saturated rings. The summed E-state index contributed by atoms with van der Waals surface area (Å²) in [5.74, 6) is 1.80. The molecule has 96 valence electrons. The molecule has 1 rings (SSSR count). The molecule has 0 unspecified atom stereocenters. The number of hydrogen-bond donors (Lipinski definition) is 1. The second-order valence-electron chi connectivity index (χ2n) is 3.83. The molecule has 0 spiro atoms. The first-order valence-electron chi connectivity index (χ1n) is 6.41. The van der Waals surface area contributed by atoms with Crippen molar-refractivity contribution < 1.29 is 9.47 Å². The molecule has 0 heterocycles. The highest BCUT2D eigenvalue weighted by Crippen LogP contribution is 2.25. The van der Waals surface area contributed by atoms with Gasteiger partial charge in [0.1, 0.15) is 11.5 Å². The van der Waals surface area contributed by atoms with Crippen LogP contribution in [0.2, 0.25) is 0 Å². The molecule has 0 amide bonds. The lowest BCUT2D eigenvalue weighted by molar-refractivity contribution is 0.307. The van der Waals surface area contributed by atoms with Crippen LogP contribution in [0.4, 0.5) is 0 Å². The summed E-state index contributed by atoms with van der Waals surface area (Å²) >= 11 is 0. The third-order valence-corrected chi connectivity index (χ3v) is 2.38. The second-order valence-corrected chi connectivity index (χ2v) is 3.83. The van der Waals surface area contributed by atoms with E-state index < -0.39 is 0 Å². The Morgan fingerprint density at radius 2 is 1.94 bits per heavy atom. The van der Waals surface area contributed by atoms with Gasteiger partial charge in [-0.15, -0.1) is 0 Å². The fourth-order valence-corrected chi connectivity index (χ4v) is 1.54. The van der Waals surface area contributed by atoms with Crippen molar-refractivity contribution in [1.29, 1.82) is 0 Å². The molecule has 0 bridgehead atoms. The zero-order valence-electron chi connectivity index (χ0n) is 11.1. The minimum absolute atomic E-state index is 0.677. The van der Waals surface area contributed by atoms with Crippen molar-refractivity contribution in [1.82, 2.24) is 5.32 Å². The number of hydrogen-bond acceptors (Lipinski definition) is 3. The Bertz CT molecular complexity index is 326. The summed E-state index contributed by atoms with van der Waals surface area (Å²) in [7, 11) is 0. The van der Waals surface area contributed by atoms with E-state index in [0.29, 0.717) is 6.61 Å². The topological polar surface area (TPSA) is 30.5 Å². The molecule has 0 radical (unpaired) electrons. The Morgan fingerprint density at radius 1 is 1.12 bits per heavy atom. The van der Waals surface area contributed by atoms with Crippen molar-refractivity contribution in [2.45, 2.75) is 33.7 Å². The summed E-state index contributed by atoms with van der Waals surface area (Å²) in [6, 6.07) is 6.05. The molecule has 0 aromatic heterocycles. The van der Waals surface area contributed by atoms with Crippen molar-refractivity contribution in [2.24, 2.45) is 0 Å². The van der Waals surface area contributed by atoms with Gasteiger partial charge in [-0.2, -0.15) is 0 Å². The average molecular weight is 237 g/mol. The molecule has 0 saturated heterocycles. The van der Waals surface area contributed by atoms with Gasteiger partial charge < -0.3 is 14.8 Å². The van der Waals surface area contributed by atoms with Crippen molar-refractivity contribution in [3.63, 3.8) is 0 Å². The van der Waals surface area contributed by atoms with Crippen LogP contribution in [0, 0.1) is 0 Å². The molecule has 1 aromatic rings. The maximum Gasteiger partial charge on any atom is 0.127 e. The number of benzene rings is 1. The van der Waals surface area contributed by atoms with Crippen LogP contribution in [0.25, 0.3) is 0 Å². The quantitative estimate of drug-likeness (QED) is 0.754. The zero-order chi connectivity index (χ0) is 12.5. The SMILES string of the molecule is CCCOc1ccc(CNCC)c(OCC)c1. The van der Waals surface area contributed by atoms with Gasteiger partial charge in [0.2, 0.25) is 0 Å². The molecule has 0 aliphatic rings. The third-order valence-electron chi connectivity index (χ3n) is 2.38. The summed E-state index contributed by atoms with van der Waals surface area (Å²) in [5.41, 5.74) is 1.18. The minimum atomic E-state index is 0.677. The van der Waals surface area contributed by atoms with E-state index >= 15 is 0 Å². The zero-order valence-corrected chi connectivity index (χ0v) is 11.1. The summed E-state index contributed by atoms with van der Waals surface area (Å²) in [6.07, 6.45) is 1.02. The van der Waals surface area contributed by atoms with Crippen LogP contribution in [0.3, 0.4) is 0 Å².